The number of hydrogen-bond acceptors (Lipinski definition) is 3. The monoisotopic (exact) mass is 238 g/mol. The summed E-state index contributed by atoms with van der Waals surface area (Å²) in [4.78, 5) is 11.0. The highest BCUT2D eigenvalue weighted by atomic mass is 16.1. The summed E-state index contributed by atoms with van der Waals surface area (Å²) < 4.78 is 1.90. The number of hydrogen-bond donors (Lipinski definition) is 1. The van der Waals surface area contributed by atoms with Crippen molar-refractivity contribution in [2.24, 2.45) is 11.7 Å². The Labute approximate surface area is 102 Å². The number of carbonyl (C=O) groups is 1. The van der Waals surface area contributed by atoms with Gasteiger partial charge in [-0.1, -0.05) is 26.0 Å². The summed E-state index contributed by atoms with van der Waals surface area (Å²) in [6.07, 6.45) is 3.18. The van der Waals surface area contributed by atoms with Gasteiger partial charge in [0.2, 0.25) is 5.91 Å². The summed E-state index contributed by atoms with van der Waals surface area (Å²) in [5.74, 6) is 0.278. The molecule has 0 unspecified atom stereocenters. The summed E-state index contributed by atoms with van der Waals surface area (Å²) >= 11 is 0. The van der Waals surface area contributed by atoms with Crippen LogP contribution in [0.1, 0.15) is 45.0 Å². The van der Waals surface area contributed by atoms with E-state index in [9.17, 15) is 4.79 Å². The van der Waals surface area contributed by atoms with Crippen molar-refractivity contribution in [3.05, 3.63) is 11.4 Å². The van der Waals surface area contributed by atoms with Crippen molar-refractivity contribution in [2.45, 2.75) is 53.0 Å². The Morgan fingerprint density at radius 1 is 1.47 bits per heavy atom. The summed E-state index contributed by atoms with van der Waals surface area (Å²) in [5, 5.41) is 8.16. The fourth-order valence-corrected chi connectivity index (χ4v) is 1.76. The van der Waals surface area contributed by atoms with Gasteiger partial charge in [-0.2, -0.15) is 0 Å². The fraction of sp³-hybridized carbons (Fsp3) is 0.750. The number of aryl methyl sites for hydroxylation is 1. The molecule has 0 saturated carbocycles. The van der Waals surface area contributed by atoms with Crippen LogP contribution in [0.4, 0.5) is 0 Å². The quantitative estimate of drug-likeness (QED) is 0.778. The molecule has 1 aromatic rings. The Morgan fingerprint density at radius 2 is 2.18 bits per heavy atom. The zero-order valence-corrected chi connectivity index (χ0v) is 10.9. The van der Waals surface area contributed by atoms with Crippen molar-refractivity contribution >= 4 is 5.91 Å². The molecule has 0 saturated heterocycles. The Hall–Kier alpha value is -1.39. The van der Waals surface area contributed by atoms with Gasteiger partial charge in [-0.25, -0.2) is 4.68 Å². The third-order valence-electron chi connectivity index (χ3n) is 2.65. The second-order valence-electron chi connectivity index (χ2n) is 4.78. The summed E-state index contributed by atoms with van der Waals surface area (Å²) in [6.45, 7) is 7.31. The molecule has 5 heteroatoms. The molecule has 1 aromatic heterocycles. The molecule has 96 valence electrons. The van der Waals surface area contributed by atoms with Crippen LogP contribution in [0.5, 0.6) is 0 Å². The van der Waals surface area contributed by atoms with Crippen LogP contribution >= 0.6 is 0 Å². The molecule has 5 nitrogen and oxygen atoms in total. The lowest BCUT2D eigenvalue weighted by Gasteiger charge is -2.08. The first-order valence-corrected chi connectivity index (χ1v) is 6.24. The molecule has 0 spiro atoms. The van der Waals surface area contributed by atoms with E-state index < -0.39 is 0 Å². The summed E-state index contributed by atoms with van der Waals surface area (Å²) in [6, 6.07) is 0. The summed E-state index contributed by atoms with van der Waals surface area (Å²) in [5.41, 5.74) is 7.03. The van der Waals surface area contributed by atoms with E-state index >= 15 is 0 Å². The summed E-state index contributed by atoms with van der Waals surface area (Å²) in [7, 11) is 0. The van der Waals surface area contributed by atoms with Gasteiger partial charge in [-0.15, -0.1) is 5.10 Å². The number of nitrogens with two attached hydrogens (primary N) is 1. The van der Waals surface area contributed by atoms with E-state index in [-0.39, 0.29) is 12.3 Å². The highest BCUT2D eigenvalue weighted by Gasteiger charge is 2.14. The van der Waals surface area contributed by atoms with E-state index in [1.807, 2.05) is 4.68 Å². The standard InChI is InChI=1S/C12H22N4O/c1-4-7-16-11(6-5-9(2)3)10(14-15-16)8-12(13)17/h9H,4-8H2,1-3H3,(H2,13,17). The first-order valence-electron chi connectivity index (χ1n) is 6.24. The fourth-order valence-electron chi connectivity index (χ4n) is 1.76. The maximum atomic E-state index is 11.0. The van der Waals surface area contributed by atoms with Gasteiger partial charge >= 0.3 is 0 Å². The lowest BCUT2D eigenvalue weighted by molar-refractivity contribution is -0.117. The van der Waals surface area contributed by atoms with Crippen LogP contribution in [-0.4, -0.2) is 20.9 Å². The molecule has 0 fully saturated rings. The molecule has 1 heterocycles. The maximum Gasteiger partial charge on any atom is 0.223 e. The molecule has 1 amide bonds. The number of rotatable bonds is 7. The van der Waals surface area contributed by atoms with Crippen LogP contribution in [0.3, 0.4) is 0 Å². The highest BCUT2D eigenvalue weighted by Crippen LogP contribution is 2.13. The van der Waals surface area contributed by atoms with E-state index in [1.165, 1.54) is 0 Å². The van der Waals surface area contributed by atoms with Gasteiger partial charge in [0.05, 0.1) is 17.8 Å². The van der Waals surface area contributed by atoms with E-state index in [1.54, 1.807) is 0 Å². The number of primary amides is 1. The van der Waals surface area contributed by atoms with Crippen molar-refractivity contribution in [3.63, 3.8) is 0 Å². The van der Waals surface area contributed by atoms with Gasteiger partial charge in [-0.05, 0) is 25.2 Å². The van der Waals surface area contributed by atoms with Crippen LogP contribution in [0.15, 0.2) is 0 Å². The molecule has 1 rings (SSSR count). The van der Waals surface area contributed by atoms with Crippen LogP contribution in [0.25, 0.3) is 0 Å². The lowest BCUT2D eigenvalue weighted by Crippen LogP contribution is -2.16. The molecule has 0 bridgehead atoms. The second-order valence-corrected chi connectivity index (χ2v) is 4.78. The van der Waals surface area contributed by atoms with Gasteiger partial charge in [-0.3, -0.25) is 4.79 Å². The first kappa shape index (κ1) is 13.7. The van der Waals surface area contributed by atoms with Crippen LogP contribution in [-0.2, 0) is 24.2 Å². The van der Waals surface area contributed by atoms with Crippen molar-refractivity contribution in [2.75, 3.05) is 0 Å². The Morgan fingerprint density at radius 3 is 2.71 bits per heavy atom. The number of aromatic nitrogens is 3. The number of amides is 1. The van der Waals surface area contributed by atoms with Crippen molar-refractivity contribution in [1.82, 2.24) is 15.0 Å². The van der Waals surface area contributed by atoms with E-state index in [4.69, 9.17) is 5.73 Å². The van der Waals surface area contributed by atoms with Crippen molar-refractivity contribution in [1.29, 1.82) is 0 Å². The molecular formula is C12H22N4O. The second kappa shape index (κ2) is 6.37. The Kier molecular flexibility index (Phi) is 5.12. The molecule has 2 N–H and O–H groups in total. The first-order chi connectivity index (χ1) is 8.04. The Balaban J connectivity index is 2.84. The minimum absolute atomic E-state index is 0.192. The van der Waals surface area contributed by atoms with Crippen molar-refractivity contribution < 1.29 is 4.79 Å². The average molecular weight is 238 g/mol. The third kappa shape index (κ3) is 4.17. The van der Waals surface area contributed by atoms with Crippen LogP contribution in [0.2, 0.25) is 0 Å². The molecule has 0 atom stereocenters. The molecule has 0 aliphatic rings. The largest absolute Gasteiger partial charge is 0.369 e. The minimum atomic E-state index is -0.348. The van der Waals surface area contributed by atoms with E-state index in [0.717, 1.165) is 37.2 Å². The van der Waals surface area contributed by atoms with Gasteiger partial charge in [0.1, 0.15) is 0 Å². The zero-order valence-electron chi connectivity index (χ0n) is 10.9. The molecule has 0 radical (unpaired) electrons. The smallest absolute Gasteiger partial charge is 0.223 e. The average Bonchev–Trinajstić information content (AvgIpc) is 2.58. The number of carbonyl (C=O) groups excluding carboxylic acids is 1. The number of nitrogens with zero attached hydrogens (tertiary/aromatic N) is 3. The van der Waals surface area contributed by atoms with Gasteiger partial charge in [0.25, 0.3) is 0 Å². The predicted molar refractivity (Wildman–Crippen MR) is 66.4 cm³/mol. The SMILES string of the molecule is CCCn1nnc(CC(N)=O)c1CCC(C)C. The van der Waals surface area contributed by atoms with Crippen molar-refractivity contribution in [3.8, 4) is 0 Å². The predicted octanol–water partition coefficient (Wildman–Crippen LogP) is 1.30. The molecular weight excluding hydrogens is 216 g/mol. The zero-order chi connectivity index (χ0) is 12.8. The molecule has 0 aliphatic heterocycles. The molecule has 17 heavy (non-hydrogen) atoms. The van der Waals surface area contributed by atoms with E-state index in [0.29, 0.717) is 5.92 Å². The minimum Gasteiger partial charge on any atom is -0.369 e. The Bertz CT molecular complexity index is 371. The third-order valence-corrected chi connectivity index (χ3v) is 2.65. The van der Waals surface area contributed by atoms with E-state index in [2.05, 4.69) is 31.1 Å². The maximum absolute atomic E-state index is 11.0. The van der Waals surface area contributed by atoms with Gasteiger partial charge < -0.3 is 5.73 Å². The topological polar surface area (TPSA) is 73.8 Å². The molecule has 0 aliphatic carbocycles. The van der Waals surface area contributed by atoms with Crippen LogP contribution in [0, 0.1) is 5.92 Å². The molecule has 0 aromatic carbocycles. The normalized spacial score (nSPS) is 11.1. The highest BCUT2D eigenvalue weighted by molar-refractivity contribution is 5.76. The van der Waals surface area contributed by atoms with Gasteiger partial charge in [0, 0.05) is 6.54 Å². The van der Waals surface area contributed by atoms with Gasteiger partial charge in [0.15, 0.2) is 0 Å². The van der Waals surface area contributed by atoms with Crippen LogP contribution < -0.4 is 5.73 Å². The lowest BCUT2D eigenvalue weighted by atomic mass is 10.0.